The summed E-state index contributed by atoms with van der Waals surface area (Å²) in [5, 5.41) is 0.593. The lowest BCUT2D eigenvalue weighted by atomic mass is 9.95. The molecule has 0 aliphatic heterocycles. The van der Waals surface area contributed by atoms with Gasteiger partial charge in [-0.25, -0.2) is 9.97 Å². The third-order valence-electron chi connectivity index (χ3n) is 7.50. The number of rotatable bonds is 13. The average Bonchev–Trinajstić information content (AvgIpc) is 3.54. The number of benzene rings is 2. The van der Waals surface area contributed by atoms with Crippen LogP contribution >= 0.6 is 11.6 Å². The first kappa shape index (κ1) is 27.4. The zero-order chi connectivity index (χ0) is 27.4. The van der Waals surface area contributed by atoms with Crippen LogP contribution in [0.2, 0.25) is 5.02 Å². The molecule has 0 spiro atoms. The van der Waals surface area contributed by atoms with E-state index < -0.39 is 0 Å². The molecule has 2 heterocycles. The number of ether oxygens (including phenoxy) is 2. The summed E-state index contributed by atoms with van der Waals surface area (Å²) in [6, 6.07) is 16.2. The fourth-order valence-electron chi connectivity index (χ4n) is 4.89. The van der Waals surface area contributed by atoms with Crippen LogP contribution in [0.25, 0.3) is 22.6 Å². The zero-order valence-electron chi connectivity index (χ0n) is 23.5. The van der Waals surface area contributed by atoms with E-state index in [-0.39, 0.29) is 5.60 Å². The van der Waals surface area contributed by atoms with Crippen LogP contribution in [0.4, 0.5) is 0 Å². The summed E-state index contributed by atoms with van der Waals surface area (Å²) in [7, 11) is 0. The number of aromatic nitrogens is 4. The van der Waals surface area contributed by atoms with Gasteiger partial charge < -0.3 is 14.0 Å². The smallest absolute Gasteiger partial charge is 0.245 e. The molecule has 4 aromatic rings. The van der Waals surface area contributed by atoms with E-state index in [0.29, 0.717) is 41.4 Å². The van der Waals surface area contributed by atoms with Crippen LogP contribution in [0.15, 0.2) is 54.9 Å². The predicted octanol–water partition coefficient (Wildman–Crippen LogP) is 8.36. The maximum atomic E-state index is 6.90. The first-order chi connectivity index (χ1) is 18.8. The number of nitrogens with zero attached hydrogens (tertiary/aromatic N) is 4. The van der Waals surface area contributed by atoms with Crippen molar-refractivity contribution in [1.82, 2.24) is 19.5 Å². The molecule has 206 valence electrons. The molecule has 0 bridgehead atoms. The molecule has 1 unspecified atom stereocenters. The fourth-order valence-corrected chi connectivity index (χ4v) is 5.15. The Morgan fingerprint density at radius 2 is 1.82 bits per heavy atom. The minimum absolute atomic E-state index is 0.175. The van der Waals surface area contributed by atoms with Crippen molar-refractivity contribution in [3.63, 3.8) is 0 Å². The van der Waals surface area contributed by atoms with Crippen molar-refractivity contribution in [1.29, 1.82) is 0 Å². The highest BCUT2D eigenvalue weighted by atomic mass is 35.5. The number of hydrogen-bond donors (Lipinski definition) is 0. The second-order valence-corrected chi connectivity index (χ2v) is 11.9. The first-order valence-corrected chi connectivity index (χ1v) is 14.6. The number of fused-ring (bicyclic) bond motifs is 1. The van der Waals surface area contributed by atoms with Gasteiger partial charge in [0, 0.05) is 5.56 Å². The van der Waals surface area contributed by atoms with E-state index in [4.69, 9.17) is 26.1 Å². The molecule has 1 aliphatic rings. The number of hydrogen-bond acceptors (Lipinski definition) is 5. The van der Waals surface area contributed by atoms with Gasteiger partial charge in [0.25, 0.3) is 0 Å². The maximum Gasteiger partial charge on any atom is 0.245 e. The van der Waals surface area contributed by atoms with Gasteiger partial charge >= 0.3 is 0 Å². The standard InChI is InChI=1S/C32H39ClN4O2/c1-5-9-24(13-12-22(2)3)20-38-25-14-15-26(27(33)18-25)29-36-28-30(37(29)19-23-10-7-6-8-11-23)34-21-35-31(28)39-32(4)16-17-32/h6-8,10-11,14-15,18,21-22,24H,5,9,12-13,16-17,19-20H2,1-4H3. The molecule has 0 radical (unpaired) electrons. The molecule has 1 aliphatic carbocycles. The zero-order valence-corrected chi connectivity index (χ0v) is 24.2. The first-order valence-electron chi connectivity index (χ1n) is 14.2. The molecule has 6 nitrogen and oxygen atoms in total. The maximum absolute atomic E-state index is 6.90. The molecular weight excluding hydrogens is 508 g/mol. The summed E-state index contributed by atoms with van der Waals surface area (Å²) >= 11 is 6.90. The van der Waals surface area contributed by atoms with E-state index in [1.165, 1.54) is 19.3 Å². The lowest BCUT2D eigenvalue weighted by molar-refractivity contribution is 0.194. The van der Waals surface area contributed by atoms with Gasteiger partial charge in [0.05, 0.1) is 18.2 Å². The molecule has 5 rings (SSSR count). The minimum Gasteiger partial charge on any atom is -0.493 e. The fraction of sp³-hybridized carbons (Fsp3) is 0.469. The van der Waals surface area contributed by atoms with Gasteiger partial charge in [0.1, 0.15) is 23.5 Å². The third-order valence-corrected chi connectivity index (χ3v) is 7.81. The quantitative estimate of drug-likeness (QED) is 0.168. The molecule has 1 saturated carbocycles. The van der Waals surface area contributed by atoms with Crippen molar-refractivity contribution < 1.29 is 9.47 Å². The van der Waals surface area contributed by atoms with E-state index in [2.05, 4.69) is 54.4 Å². The summed E-state index contributed by atoms with van der Waals surface area (Å²) < 4.78 is 14.6. The SMILES string of the molecule is CCCC(CCC(C)C)COc1ccc(-c2nc3c(OC4(C)CC4)ncnc3n2Cc2ccccc2)c(Cl)c1. The van der Waals surface area contributed by atoms with Crippen LogP contribution in [0.5, 0.6) is 11.6 Å². The predicted molar refractivity (Wildman–Crippen MR) is 158 cm³/mol. The number of halogens is 1. The van der Waals surface area contributed by atoms with Crippen LogP contribution in [0.3, 0.4) is 0 Å². The minimum atomic E-state index is -0.175. The van der Waals surface area contributed by atoms with E-state index >= 15 is 0 Å². The van der Waals surface area contributed by atoms with Crippen molar-refractivity contribution in [2.45, 2.75) is 78.4 Å². The third kappa shape index (κ3) is 6.73. The Kier molecular flexibility index (Phi) is 8.41. The van der Waals surface area contributed by atoms with Crippen LogP contribution in [0, 0.1) is 11.8 Å². The van der Waals surface area contributed by atoms with Gasteiger partial charge in [-0.3, -0.25) is 0 Å². The van der Waals surface area contributed by atoms with E-state index in [1.807, 2.05) is 36.4 Å². The van der Waals surface area contributed by atoms with Gasteiger partial charge in [0.2, 0.25) is 5.88 Å². The van der Waals surface area contributed by atoms with Gasteiger partial charge in [-0.1, -0.05) is 75.5 Å². The Hall–Kier alpha value is -3.12. The van der Waals surface area contributed by atoms with E-state index in [9.17, 15) is 0 Å². The monoisotopic (exact) mass is 546 g/mol. The Morgan fingerprint density at radius 3 is 2.51 bits per heavy atom. The molecule has 39 heavy (non-hydrogen) atoms. The highest BCUT2D eigenvalue weighted by Crippen LogP contribution is 2.41. The van der Waals surface area contributed by atoms with Gasteiger partial charge in [-0.15, -0.1) is 0 Å². The molecule has 0 N–H and O–H groups in total. The van der Waals surface area contributed by atoms with E-state index in [0.717, 1.165) is 47.6 Å². The summed E-state index contributed by atoms with van der Waals surface area (Å²) in [6.07, 6.45) is 8.33. The molecule has 1 atom stereocenters. The highest BCUT2D eigenvalue weighted by molar-refractivity contribution is 6.33. The average molecular weight is 547 g/mol. The summed E-state index contributed by atoms with van der Waals surface area (Å²) in [6.45, 7) is 10.2. The largest absolute Gasteiger partial charge is 0.493 e. The van der Waals surface area contributed by atoms with E-state index in [1.54, 1.807) is 6.33 Å². The van der Waals surface area contributed by atoms with Crippen LogP contribution in [0.1, 0.15) is 71.8 Å². The second kappa shape index (κ2) is 12.0. The van der Waals surface area contributed by atoms with Crippen molar-refractivity contribution in [3.05, 3.63) is 65.4 Å². The Labute approximate surface area is 236 Å². The molecule has 0 saturated heterocycles. The topological polar surface area (TPSA) is 62.1 Å². The Balaban J connectivity index is 1.46. The van der Waals surface area contributed by atoms with Crippen molar-refractivity contribution in [3.8, 4) is 23.0 Å². The molecule has 1 fully saturated rings. The van der Waals surface area contributed by atoms with Crippen molar-refractivity contribution >= 4 is 22.8 Å². The summed E-state index contributed by atoms with van der Waals surface area (Å²) in [4.78, 5) is 14.1. The lowest BCUT2D eigenvalue weighted by Gasteiger charge is -2.18. The van der Waals surface area contributed by atoms with Crippen molar-refractivity contribution in [2.24, 2.45) is 11.8 Å². The number of imidazole rings is 1. The Morgan fingerprint density at radius 1 is 1.03 bits per heavy atom. The lowest BCUT2D eigenvalue weighted by Crippen LogP contribution is -2.13. The van der Waals surface area contributed by atoms with Crippen LogP contribution < -0.4 is 9.47 Å². The second-order valence-electron chi connectivity index (χ2n) is 11.5. The summed E-state index contributed by atoms with van der Waals surface area (Å²) in [5.74, 6) is 3.29. The molecular formula is C32H39ClN4O2. The molecule has 2 aromatic heterocycles. The van der Waals surface area contributed by atoms with Gasteiger partial charge in [0.15, 0.2) is 11.2 Å². The Bertz CT molecular complexity index is 1400. The normalized spacial score (nSPS) is 15.0. The highest BCUT2D eigenvalue weighted by Gasteiger charge is 2.41. The molecule has 0 amide bonds. The van der Waals surface area contributed by atoms with Crippen molar-refractivity contribution in [2.75, 3.05) is 6.61 Å². The van der Waals surface area contributed by atoms with Crippen LogP contribution in [-0.2, 0) is 6.54 Å². The van der Waals surface area contributed by atoms with Gasteiger partial charge in [-0.2, -0.15) is 4.98 Å². The van der Waals surface area contributed by atoms with Gasteiger partial charge in [-0.05, 0) is 68.2 Å². The summed E-state index contributed by atoms with van der Waals surface area (Å²) in [5.41, 5.74) is 3.18. The van der Waals surface area contributed by atoms with Crippen LogP contribution in [-0.4, -0.2) is 31.7 Å². The molecule has 7 heteroatoms. The molecule has 2 aromatic carbocycles.